The highest BCUT2D eigenvalue weighted by molar-refractivity contribution is 7.13. The summed E-state index contributed by atoms with van der Waals surface area (Å²) >= 11 is 3.14. The fourth-order valence-corrected chi connectivity index (χ4v) is 13.7. The molecule has 9 aromatic rings. The Morgan fingerprint density at radius 2 is 0.962 bits per heavy atom. The number of hydrogen-bond donors (Lipinski definition) is 2. The minimum Gasteiger partial charge on any atom is -0.354 e. The molecule has 4 aliphatic rings. The van der Waals surface area contributed by atoms with Crippen LogP contribution in [0.4, 0.5) is 0 Å². The molecule has 0 aliphatic carbocycles. The smallest absolute Gasteiger partial charge is 0.261 e. The highest BCUT2D eigenvalue weighted by atomic mass is 32.1. The van der Waals surface area contributed by atoms with E-state index in [4.69, 9.17) is 9.97 Å². The Morgan fingerprint density at radius 1 is 0.474 bits per heavy atom. The zero-order valence-electron chi connectivity index (χ0n) is 44.2. The Hall–Kier alpha value is -8.10. The first-order valence-corrected chi connectivity index (χ1v) is 29.7. The van der Waals surface area contributed by atoms with Gasteiger partial charge in [0.2, 0.25) is 0 Å². The first kappa shape index (κ1) is 49.5. The van der Waals surface area contributed by atoms with Gasteiger partial charge in [0.1, 0.15) is 0 Å². The van der Waals surface area contributed by atoms with Gasteiger partial charge in [-0.25, -0.2) is 9.97 Å². The Kier molecular flexibility index (Phi) is 13.6. The van der Waals surface area contributed by atoms with Crippen LogP contribution in [-0.4, -0.2) is 54.6 Å². The van der Waals surface area contributed by atoms with Crippen molar-refractivity contribution in [3.63, 3.8) is 0 Å². The summed E-state index contributed by atoms with van der Waals surface area (Å²) in [6, 6.07) is 48.6. The van der Waals surface area contributed by atoms with E-state index in [0.717, 1.165) is 159 Å². The third-order valence-electron chi connectivity index (χ3n) is 15.8. The van der Waals surface area contributed by atoms with Crippen molar-refractivity contribution in [2.24, 2.45) is 0 Å². The zero-order chi connectivity index (χ0) is 52.7. The fourth-order valence-electron chi connectivity index (χ4n) is 12.0. The number of carbonyl (C=O) groups excluding carboxylic acids is 2. The molecule has 8 bridgehead atoms. The highest BCUT2D eigenvalue weighted by Crippen LogP contribution is 2.49. The van der Waals surface area contributed by atoms with Gasteiger partial charge in [-0.1, -0.05) is 193 Å². The van der Waals surface area contributed by atoms with Crippen molar-refractivity contribution in [3.05, 3.63) is 176 Å². The van der Waals surface area contributed by atoms with Gasteiger partial charge in [-0.15, -0.1) is 22.7 Å². The number of hydrogen-bond acceptors (Lipinski definition) is 6. The molecule has 2 amide bonds. The normalized spacial score (nSPS) is 13.8. The van der Waals surface area contributed by atoms with Gasteiger partial charge >= 0.3 is 0 Å². The van der Waals surface area contributed by atoms with Gasteiger partial charge in [-0.2, -0.15) is 0 Å². The number of carbonyl (C=O) groups is 2. The number of nitrogens with one attached hydrogen (secondary N) is 2. The molecule has 0 atom stereocenters. The molecule has 0 saturated heterocycles. The zero-order valence-corrected chi connectivity index (χ0v) is 45.8. The van der Waals surface area contributed by atoms with Gasteiger partial charge in [-0.3, -0.25) is 9.59 Å². The number of nitrogens with zero attached hydrogens (tertiary/aromatic N) is 4. The molecule has 386 valence electrons. The first-order valence-electron chi connectivity index (χ1n) is 28.0. The summed E-state index contributed by atoms with van der Waals surface area (Å²) in [6.45, 7) is 5.60. The molecule has 4 aromatic carbocycles. The van der Waals surface area contributed by atoms with Crippen molar-refractivity contribution in [1.29, 1.82) is 0 Å². The quantitative estimate of drug-likeness (QED) is 0.0744. The molecule has 78 heavy (non-hydrogen) atoms. The molecule has 0 fully saturated rings. The monoisotopic (exact) mass is 1060 g/mol. The molecule has 0 radical (unpaired) electrons. The van der Waals surface area contributed by atoms with E-state index in [-0.39, 0.29) is 11.8 Å². The Morgan fingerprint density at radius 3 is 1.54 bits per heavy atom. The van der Waals surface area contributed by atoms with E-state index in [2.05, 4.69) is 169 Å². The van der Waals surface area contributed by atoms with E-state index < -0.39 is 0 Å². The third-order valence-corrected chi connectivity index (χ3v) is 17.7. The molecule has 13 rings (SSSR count). The average Bonchev–Trinajstić information content (AvgIpc) is 4.50. The number of rotatable bonds is 16. The number of aromatic amines is 2. The number of H-pyrrole nitrogens is 2. The molecule has 9 heterocycles. The maximum absolute atomic E-state index is 15.1. The van der Waals surface area contributed by atoms with E-state index in [0.29, 0.717) is 24.2 Å². The maximum Gasteiger partial charge on any atom is 0.261 e. The molecule has 8 nitrogen and oxygen atoms in total. The van der Waals surface area contributed by atoms with Crippen molar-refractivity contribution in [1.82, 2.24) is 29.7 Å². The molecule has 10 heteroatoms. The average molecular weight is 1060 g/mol. The van der Waals surface area contributed by atoms with Crippen molar-refractivity contribution in [2.75, 3.05) is 13.1 Å². The predicted molar refractivity (Wildman–Crippen MR) is 324 cm³/mol. The largest absolute Gasteiger partial charge is 0.354 e. The summed E-state index contributed by atoms with van der Waals surface area (Å²) in [4.78, 5) is 55.2. The van der Waals surface area contributed by atoms with Crippen LogP contribution in [0.2, 0.25) is 0 Å². The molecule has 0 unspecified atom stereocenters. The van der Waals surface area contributed by atoms with Crippen LogP contribution in [0, 0.1) is 11.8 Å². The maximum atomic E-state index is 15.1. The standard InChI is InChI=1S/C68H60N6O2S2/c1-3-5-7-9-11-21-37-73-65(59-32-23-39-77-59)61-62(68(73)76)66(74(67(61)75)38-22-12-10-8-6-4-2)60-36-34-43(78-60)33-35-52-63-50-30-19-17-28-48(50)57(71-63)41-55-46-26-15-13-24-44(46)53(69-55)40-54-45-25-14-16-27-47(45)56(70-54)42-58-49-29-18-20-31-51(49)64(52)72-58/h13-20,23-32,34,36,39-42,69,72H,3-12,21-22,37-38H2,1-2H3. The molecule has 0 saturated carbocycles. The Labute approximate surface area is 463 Å². The lowest BCUT2D eigenvalue weighted by atomic mass is 10.0. The van der Waals surface area contributed by atoms with Crippen LogP contribution in [-0.2, 0) is 9.59 Å². The van der Waals surface area contributed by atoms with Gasteiger partial charge < -0.3 is 19.8 Å². The number of thiophene rings is 2. The summed E-state index contributed by atoms with van der Waals surface area (Å²) in [6.07, 6.45) is 13.3. The topological polar surface area (TPSA) is 98.0 Å². The SMILES string of the molecule is CCCCCCCCN1C(=O)C2=C(c3ccc(C#Cc4c5nc(cc6[nH]c(cc7nc(cc8[nH]c4c4ccccc84)-c4ccccc4-7)c4ccccc64)-c4ccccc4-5)s3)N(CCCCCCCC)C(=O)C2=C1c1cccs1. The van der Waals surface area contributed by atoms with Gasteiger partial charge in [0.25, 0.3) is 11.8 Å². The second-order valence-corrected chi connectivity index (χ2v) is 22.9. The molecule has 5 aromatic heterocycles. The number of amides is 2. The lowest BCUT2D eigenvalue weighted by Crippen LogP contribution is -2.30. The van der Waals surface area contributed by atoms with Gasteiger partial charge in [-0.05, 0) is 54.6 Å². The highest BCUT2D eigenvalue weighted by Gasteiger charge is 2.49. The predicted octanol–water partition coefficient (Wildman–Crippen LogP) is 17.3. The van der Waals surface area contributed by atoms with Crippen LogP contribution < -0.4 is 0 Å². The van der Waals surface area contributed by atoms with E-state index in [9.17, 15) is 0 Å². The lowest BCUT2D eigenvalue weighted by molar-refractivity contribution is -0.124. The lowest BCUT2D eigenvalue weighted by Gasteiger charge is -2.24. The number of aromatic nitrogens is 4. The summed E-state index contributed by atoms with van der Waals surface area (Å²) in [7, 11) is 0. The minimum absolute atomic E-state index is 0.0748. The second-order valence-electron chi connectivity index (χ2n) is 20.9. The van der Waals surface area contributed by atoms with Gasteiger partial charge in [0, 0.05) is 73.4 Å². The van der Waals surface area contributed by atoms with Gasteiger partial charge in [0.15, 0.2) is 0 Å². The van der Waals surface area contributed by atoms with Crippen LogP contribution in [0.25, 0.3) is 100 Å². The third kappa shape index (κ3) is 8.89. The van der Waals surface area contributed by atoms with Crippen LogP contribution in [0.15, 0.2) is 156 Å². The van der Waals surface area contributed by atoms with Crippen molar-refractivity contribution >= 4 is 89.5 Å². The van der Waals surface area contributed by atoms with Crippen molar-refractivity contribution < 1.29 is 9.59 Å². The molecule has 2 N–H and O–H groups in total. The molecule has 0 spiro atoms. The van der Waals surface area contributed by atoms with Crippen molar-refractivity contribution in [2.45, 2.75) is 90.9 Å². The molecular formula is C68H60N6O2S2. The number of benzene rings is 4. The van der Waals surface area contributed by atoms with Gasteiger partial charge in [0.05, 0.1) is 71.0 Å². The molecular weight excluding hydrogens is 997 g/mol. The fraction of sp³-hybridized carbons (Fsp3) is 0.235. The van der Waals surface area contributed by atoms with Crippen LogP contribution >= 0.6 is 22.7 Å². The second kappa shape index (κ2) is 21.4. The number of fused-ring (bicyclic) bond motifs is 21. The van der Waals surface area contributed by atoms with Crippen LogP contribution in [0.3, 0.4) is 0 Å². The number of unbranched alkanes of at least 4 members (excludes halogenated alkanes) is 10. The van der Waals surface area contributed by atoms with E-state index in [1.165, 1.54) is 38.5 Å². The summed E-state index contributed by atoms with van der Waals surface area (Å²) in [5.74, 6) is 7.23. The first-order chi connectivity index (χ1) is 38.5. The summed E-state index contributed by atoms with van der Waals surface area (Å²) < 4.78 is 0. The Bertz CT molecular complexity index is 4160. The Balaban J connectivity index is 0.992. The van der Waals surface area contributed by atoms with E-state index >= 15 is 9.59 Å². The van der Waals surface area contributed by atoms with Crippen LogP contribution in [0.1, 0.15) is 111 Å². The van der Waals surface area contributed by atoms with Crippen molar-refractivity contribution in [3.8, 4) is 56.9 Å². The summed E-state index contributed by atoms with van der Waals surface area (Å²) in [5.41, 5.74) is 14.6. The van der Waals surface area contributed by atoms with E-state index in [1.807, 2.05) is 21.2 Å². The molecule has 4 aliphatic heterocycles. The minimum atomic E-state index is -0.0748. The summed E-state index contributed by atoms with van der Waals surface area (Å²) in [5, 5.41) is 6.32. The van der Waals surface area contributed by atoms with E-state index in [1.54, 1.807) is 22.7 Å². The van der Waals surface area contributed by atoms with Crippen LogP contribution in [0.5, 0.6) is 0 Å².